The van der Waals surface area contributed by atoms with E-state index < -0.39 is 15.6 Å². The van der Waals surface area contributed by atoms with Gasteiger partial charge in [-0.1, -0.05) is 37.8 Å². The van der Waals surface area contributed by atoms with Crippen LogP contribution in [0, 0.1) is 0 Å². The summed E-state index contributed by atoms with van der Waals surface area (Å²) >= 11 is 3.27. The van der Waals surface area contributed by atoms with Gasteiger partial charge in [0.1, 0.15) is 0 Å². The Kier molecular flexibility index (Phi) is 5.23. The van der Waals surface area contributed by atoms with Crippen LogP contribution in [0.3, 0.4) is 0 Å². The Bertz CT molecular complexity index is 552. The molecule has 1 aliphatic rings. The molecule has 1 fully saturated rings. The third-order valence-electron chi connectivity index (χ3n) is 3.84. The first-order valence-electron chi connectivity index (χ1n) is 6.96. The van der Waals surface area contributed by atoms with E-state index in [9.17, 15) is 8.42 Å². The number of hydrogen-bond donors (Lipinski definition) is 2. The predicted octanol–water partition coefficient (Wildman–Crippen LogP) is 2.78. The second-order valence-corrected chi connectivity index (χ2v) is 8.12. The lowest BCUT2D eigenvalue weighted by atomic mass is 9.92. The summed E-state index contributed by atoms with van der Waals surface area (Å²) in [7, 11) is -3.52. The van der Waals surface area contributed by atoms with Crippen LogP contribution in [0.4, 0.5) is 0 Å². The van der Waals surface area contributed by atoms with Gasteiger partial charge in [-0.15, -0.1) is 0 Å². The van der Waals surface area contributed by atoms with Crippen molar-refractivity contribution >= 4 is 26.0 Å². The van der Waals surface area contributed by atoms with Crippen LogP contribution >= 0.6 is 15.9 Å². The van der Waals surface area contributed by atoms with Gasteiger partial charge >= 0.3 is 0 Å². The van der Waals surface area contributed by atoms with E-state index >= 15 is 0 Å². The molecule has 1 aromatic carbocycles. The number of hydrogen-bond acceptors (Lipinski definition) is 3. The second kappa shape index (κ2) is 6.56. The number of benzene rings is 1. The van der Waals surface area contributed by atoms with E-state index in [-0.39, 0.29) is 4.90 Å². The molecule has 4 nitrogen and oxygen atoms in total. The Hall–Kier alpha value is -0.430. The average molecular weight is 361 g/mol. The van der Waals surface area contributed by atoms with Gasteiger partial charge in [0.25, 0.3) is 0 Å². The molecule has 0 radical (unpaired) electrons. The summed E-state index contributed by atoms with van der Waals surface area (Å²) in [6.07, 6.45) is 6.29. The highest BCUT2D eigenvalue weighted by molar-refractivity contribution is 9.10. The topological polar surface area (TPSA) is 72.2 Å². The van der Waals surface area contributed by atoms with E-state index in [2.05, 4.69) is 20.7 Å². The zero-order chi connectivity index (χ0) is 14.6. The monoisotopic (exact) mass is 360 g/mol. The molecule has 2 rings (SSSR count). The van der Waals surface area contributed by atoms with Gasteiger partial charge in [-0.25, -0.2) is 13.1 Å². The Morgan fingerprint density at radius 1 is 1.15 bits per heavy atom. The van der Waals surface area contributed by atoms with Gasteiger partial charge in [0.15, 0.2) is 0 Å². The number of nitrogens with two attached hydrogens (primary N) is 1. The van der Waals surface area contributed by atoms with Crippen LogP contribution in [-0.4, -0.2) is 20.5 Å². The van der Waals surface area contributed by atoms with Crippen LogP contribution in [0.15, 0.2) is 33.6 Å². The Morgan fingerprint density at radius 2 is 1.75 bits per heavy atom. The lowest BCUT2D eigenvalue weighted by Crippen LogP contribution is -2.49. The molecule has 0 aliphatic heterocycles. The second-order valence-electron chi connectivity index (χ2n) is 5.53. The van der Waals surface area contributed by atoms with Crippen molar-refractivity contribution in [1.29, 1.82) is 0 Å². The van der Waals surface area contributed by atoms with E-state index in [1.807, 2.05) is 0 Å². The van der Waals surface area contributed by atoms with Crippen molar-refractivity contribution in [2.45, 2.75) is 49.0 Å². The number of halogens is 1. The molecule has 1 aromatic rings. The van der Waals surface area contributed by atoms with Gasteiger partial charge < -0.3 is 5.73 Å². The molecule has 0 heterocycles. The Morgan fingerprint density at radius 3 is 2.35 bits per heavy atom. The van der Waals surface area contributed by atoms with Crippen LogP contribution in [0.25, 0.3) is 0 Å². The van der Waals surface area contributed by atoms with Gasteiger partial charge in [0.2, 0.25) is 10.0 Å². The van der Waals surface area contributed by atoms with Crippen molar-refractivity contribution in [2.75, 3.05) is 6.54 Å². The minimum absolute atomic E-state index is 0.261. The van der Waals surface area contributed by atoms with Gasteiger partial charge in [0.05, 0.1) is 4.90 Å². The van der Waals surface area contributed by atoms with Gasteiger partial charge in [-0.3, -0.25) is 0 Å². The molecular weight excluding hydrogens is 340 g/mol. The normalized spacial score (nSPS) is 19.5. The molecule has 112 valence electrons. The van der Waals surface area contributed by atoms with Crippen LogP contribution in [-0.2, 0) is 10.0 Å². The standard InChI is InChI=1S/C14H21BrN2O2S/c15-12-7-3-4-8-13(12)20(18,19)17-11-14(16)9-5-1-2-6-10-14/h3-4,7-8,17H,1-2,5-6,9-11,16H2. The summed E-state index contributed by atoms with van der Waals surface area (Å²) in [5.74, 6) is 0. The summed E-state index contributed by atoms with van der Waals surface area (Å²) in [6, 6.07) is 6.81. The smallest absolute Gasteiger partial charge is 0.241 e. The van der Waals surface area contributed by atoms with Gasteiger partial charge in [-0.05, 0) is 40.9 Å². The average Bonchev–Trinajstić information content (AvgIpc) is 2.63. The highest BCUT2D eigenvalue weighted by atomic mass is 79.9. The molecule has 0 atom stereocenters. The van der Waals surface area contributed by atoms with E-state index in [0.717, 1.165) is 25.7 Å². The molecule has 1 saturated carbocycles. The molecule has 20 heavy (non-hydrogen) atoms. The third kappa shape index (κ3) is 4.04. The van der Waals surface area contributed by atoms with Crippen LogP contribution in [0.2, 0.25) is 0 Å². The predicted molar refractivity (Wildman–Crippen MR) is 84.0 cm³/mol. The number of nitrogens with one attached hydrogen (secondary N) is 1. The molecule has 0 amide bonds. The molecule has 6 heteroatoms. The fraction of sp³-hybridized carbons (Fsp3) is 0.571. The summed E-state index contributed by atoms with van der Waals surface area (Å²) in [6.45, 7) is 0.302. The molecule has 3 N–H and O–H groups in total. The summed E-state index contributed by atoms with van der Waals surface area (Å²) in [4.78, 5) is 0.261. The fourth-order valence-corrected chi connectivity index (χ4v) is 4.73. The number of sulfonamides is 1. The quantitative estimate of drug-likeness (QED) is 0.810. The summed E-state index contributed by atoms with van der Waals surface area (Å²) < 4.78 is 27.9. The Labute approximate surface area is 129 Å². The van der Waals surface area contributed by atoms with Crippen LogP contribution < -0.4 is 10.5 Å². The first kappa shape index (κ1) is 15.9. The van der Waals surface area contributed by atoms with Gasteiger partial charge in [-0.2, -0.15) is 0 Å². The van der Waals surface area contributed by atoms with Crippen molar-refractivity contribution < 1.29 is 8.42 Å². The molecule has 0 aromatic heterocycles. The summed E-state index contributed by atoms with van der Waals surface area (Å²) in [5, 5.41) is 0. The molecule has 0 unspecified atom stereocenters. The van der Waals surface area contributed by atoms with E-state index in [0.29, 0.717) is 11.0 Å². The Balaban J connectivity index is 2.07. The van der Waals surface area contributed by atoms with Crippen LogP contribution in [0.1, 0.15) is 38.5 Å². The van der Waals surface area contributed by atoms with E-state index in [4.69, 9.17) is 5.73 Å². The minimum Gasteiger partial charge on any atom is -0.324 e. The maximum Gasteiger partial charge on any atom is 0.241 e. The van der Waals surface area contributed by atoms with E-state index in [1.165, 1.54) is 12.8 Å². The van der Waals surface area contributed by atoms with Crippen molar-refractivity contribution in [2.24, 2.45) is 5.73 Å². The van der Waals surface area contributed by atoms with Crippen molar-refractivity contribution in [3.63, 3.8) is 0 Å². The first-order valence-corrected chi connectivity index (χ1v) is 9.24. The zero-order valence-corrected chi connectivity index (χ0v) is 13.8. The van der Waals surface area contributed by atoms with Crippen molar-refractivity contribution in [1.82, 2.24) is 4.72 Å². The van der Waals surface area contributed by atoms with Crippen molar-refractivity contribution in [3.05, 3.63) is 28.7 Å². The molecule has 0 bridgehead atoms. The lowest BCUT2D eigenvalue weighted by molar-refractivity contribution is 0.369. The molecule has 0 saturated heterocycles. The third-order valence-corrected chi connectivity index (χ3v) is 6.25. The number of rotatable bonds is 4. The molecular formula is C14H21BrN2O2S. The zero-order valence-electron chi connectivity index (χ0n) is 11.4. The maximum atomic E-state index is 12.3. The van der Waals surface area contributed by atoms with Gasteiger partial charge in [0, 0.05) is 16.6 Å². The largest absolute Gasteiger partial charge is 0.324 e. The maximum absolute atomic E-state index is 12.3. The highest BCUT2D eigenvalue weighted by Gasteiger charge is 2.28. The lowest BCUT2D eigenvalue weighted by Gasteiger charge is -2.28. The SMILES string of the molecule is NC1(CNS(=O)(=O)c2ccccc2Br)CCCCCC1. The van der Waals surface area contributed by atoms with E-state index in [1.54, 1.807) is 24.3 Å². The van der Waals surface area contributed by atoms with Crippen LogP contribution in [0.5, 0.6) is 0 Å². The molecule has 1 aliphatic carbocycles. The first-order chi connectivity index (χ1) is 9.43. The fourth-order valence-electron chi connectivity index (χ4n) is 2.59. The van der Waals surface area contributed by atoms with Crippen molar-refractivity contribution in [3.8, 4) is 0 Å². The molecule has 0 spiro atoms. The highest BCUT2D eigenvalue weighted by Crippen LogP contribution is 2.26. The minimum atomic E-state index is -3.52. The summed E-state index contributed by atoms with van der Waals surface area (Å²) in [5.41, 5.74) is 5.93.